The molecule has 0 atom stereocenters. The van der Waals surface area contributed by atoms with Gasteiger partial charge < -0.3 is 0 Å². The molecule has 1 aliphatic rings. The van der Waals surface area contributed by atoms with Gasteiger partial charge in [-0.15, -0.1) is 0 Å². The molecule has 1 heteroatoms. The topological polar surface area (TPSA) is 0 Å². The second kappa shape index (κ2) is 2.55. The fraction of sp³-hybridized carbons (Fsp3) is 0.600. The van der Waals surface area contributed by atoms with Crippen LogP contribution in [0.1, 0.15) is 34.6 Å². The molecule has 0 spiro atoms. The molecule has 0 aromatic rings. The van der Waals surface area contributed by atoms with Gasteiger partial charge in [-0.25, -0.2) is 0 Å². The Kier molecular flexibility index (Phi) is 2.14. The SMILES string of the molecule is CC1=C(C)C(C)(C)[C]([Zn])=C1C. The second-order valence-corrected chi connectivity index (χ2v) is 5.46. The summed E-state index contributed by atoms with van der Waals surface area (Å²) in [6.07, 6.45) is 0. The van der Waals surface area contributed by atoms with Crippen LogP contribution >= 0.6 is 0 Å². The molecule has 11 heavy (non-hydrogen) atoms. The van der Waals surface area contributed by atoms with E-state index in [1.54, 1.807) is 15.3 Å². The third-order valence-electron chi connectivity index (χ3n) is 3.27. The predicted octanol–water partition coefficient (Wildman–Crippen LogP) is 3.18. The van der Waals surface area contributed by atoms with Crippen molar-refractivity contribution in [2.24, 2.45) is 5.41 Å². The van der Waals surface area contributed by atoms with E-state index in [0.29, 0.717) is 5.41 Å². The molecular weight excluding hydrogens is 185 g/mol. The van der Waals surface area contributed by atoms with Gasteiger partial charge in [-0.3, -0.25) is 0 Å². The van der Waals surface area contributed by atoms with E-state index >= 15 is 0 Å². The second-order valence-electron chi connectivity index (χ2n) is 3.98. The van der Waals surface area contributed by atoms with E-state index in [2.05, 4.69) is 34.6 Å². The van der Waals surface area contributed by atoms with E-state index in [0.717, 1.165) is 0 Å². The van der Waals surface area contributed by atoms with E-state index in [9.17, 15) is 0 Å². The average molecular weight is 201 g/mol. The Bertz CT molecular complexity index is 228. The third kappa shape index (κ3) is 1.14. The Morgan fingerprint density at radius 1 is 1.00 bits per heavy atom. The zero-order chi connectivity index (χ0) is 8.81. The zero-order valence-electron chi connectivity index (χ0n) is 8.21. The van der Waals surface area contributed by atoms with Crippen molar-refractivity contribution >= 4 is 0 Å². The van der Waals surface area contributed by atoms with Crippen molar-refractivity contribution in [3.8, 4) is 0 Å². The van der Waals surface area contributed by atoms with Crippen molar-refractivity contribution in [1.29, 1.82) is 0 Å². The molecule has 0 aromatic heterocycles. The molecule has 0 N–H and O–H groups in total. The number of rotatable bonds is 0. The van der Waals surface area contributed by atoms with Crippen LogP contribution in [0.4, 0.5) is 0 Å². The van der Waals surface area contributed by atoms with E-state index in [1.807, 2.05) is 0 Å². The van der Waals surface area contributed by atoms with Crippen molar-refractivity contribution in [3.63, 3.8) is 0 Å². The Balaban J connectivity index is 3.27. The Morgan fingerprint density at radius 3 is 1.55 bits per heavy atom. The van der Waals surface area contributed by atoms with Gasteiger partial charge in [0, 0.05) is 0 Å². The van der Waals surface area contributed by atoms with Gasteiger partial charge in [-0.2, -0.15) is 0 Å². The van der Waals surface area contributed by atoms with Crippen LogP contribution < -0.4 is 0 Å². The molecule has 1 aliphatic carbocycles. The molecule has 0 saturated heterocycles. The minimum absolute atomic E-state index is 0.369. The minimum atomic E-state index is 0.369. The molecule has 0 nitrogen and oxygen atoms in total. The molecule has 0 radical (unpaired) electrons. The number of hydrogen-bond donors (Lipinski definition) is 0. The monoisotopic (exact) mass is 199 g/mol. The zero-order valence-corrected chi connectivity index (χ0v) is 11.2. The quantitative estimate of drug-likeness (QED) is 0.527. The predicted molar refractivity (Wildman–Crippen MR) is 44.9 cm³/mol. The fourth-order valence-corrected chi connectivity index (χ4v) is 2.78. The Morgan fingerprint density at radius 2 is 1.45 bits per heavy atom. The summed E-state index contributed by atoms with van der Waals surface area (Å²) < 4.78 is 1.66. The molecular formula is C10H15Zn. The molecule has 57 valence electrons. The molecule has 0 aliphatic heterocycles. The van der Waals surface area contributed by atoms with Crippen LogP contribution in [0.5, 0.6) is 0 Å². The molecule has 0 fully saturated rings. The van der Waals surface area contributed by atoms with Crippen molar-refractivity contribution in [1.82, 2.24) is 0 Å². The maximum atomic E-state index is 2.33. The first-order valence-corrected chi connectivity index (χ1v) is 5.59. The van der Waals surface area contributed by atoms with Gasteiger partial charge >= 0.3 is 79.2 Å². The van der Waals surface area contributed by atoms with Crippen LogP contribution in [0.15, 0.2) is 20.9 Å². The molecule has 0 unspecified atom stereocenters. The third-order valence-corrected chi connectivity index (χ3v) is 6.24. The van der Waals surface area contributed by atoms with Crippen molar-refractivity contribution in [2.45, 2.75) is 34.6 Å². The van der Waals surface area contributed by atoms with Crippen LogP contribution in [0, 0.1) is 5.41 Å². The summed E-state index contributed by atoms with van der Waals surface area (Å²) in [5.74, 6) is 0. The molecule has 0 amide bonds. The summed E-state index contributed by atoms with van der Waals surface area (Å²) in [5.41, 5.74) is 5.01. The summed E-state index contributed by atoms with van der Waals surface area (Å²) in [6, 6.07) is 0. The number of hydrogen-bond acceptors (Lipinski definition) is 0. The van der Waals surface area contributed by atoms with Crippen LogP contribution in [0.2, 0.25) is 0 Å². The maximum absolute atomic E-state index is 2.33. The average Bonchev–Trinajstić information content (AvgIpc) is 2.06. The van der Waals surface area contributed by atoms with Gasteiger partial charge in [-0.1, -0.05) is 0 Å². The molecule has 0 aromatic carbocycles. The summed E-state index contributed by atoms with van der Waals surface area (Å²) in [5, 5.41) is 0. The summed E-state index contributed by atoms with van der Waals surface area (Å²) in [4.78, 5) is 0. The van der Waals surface area contributed by atoms with Crippen LogP contribution in [0.25, 0.3) is 0 Å². The Labute approximate surface area is 79.4 Å². The first kappa shape index (κ1) is 9.19. The molecule has 1 rings (SSSR count). The van der Waals surface area contributed by atoms with Crippen LogP contribution in [-0.4, -0.2) is 0 Å². The van der Waals surface area contributed by atoms with E-state index in [4.69, 9.17) is 0 Å². The van der Waals surface area contributed by atoms with Gasteiger partial charge in [0.15, 0.2) is 0 Å². The van der Waals surface area contributed by atoms with E-state index < -0.39 is 0 Å². The molecule has 0 bridgehead atoms. The van der Waals surface area contributed by atoms with E-state index in [1.165, 1.54) is 23.9 Å². The van der Waals surface area contributed by atoms with Crippen LogP contribution in [0.3, 0.4) is 0 Å². The van der Waals surface area contributed by atoms with E-state index in [-0.39, 0.29) is 0 Å². The Hall–Kier alpha value is 0.103. The first-order valence-electron chi connectivity index (χ1n) is 4.10. The van der Waals surface area contributed by atoms with Gasteiger partial charge in [-0.05, 0) is 0 Å². The standard InChI is InChI=1S/C10H15.Zn/c1-7-6-10(4,5)9(3)8(7)2;/h1-5H3;. The molecule has 0 saturated carbocycles. The van der Waals surface area contributed by atoms with Crippen molar-refractivity contribution in [3.05, 3.63) is 20.9 Å². The summed E-state index contributed by atoms with van der Waals surface area (Å²) in [6.45, 7) is 11.4. The van der Waals surface area contributed by atoms with Gasteiger partial charge in [0.25, 0.3) is 0 Å². The summed E-state index contributed by atoms with van der Waals surface area (Å²) >= 11 is 1.31. The fourth-order valence-electron chi connectivity index (χ4n) is 1.67. The summed E-state index contributed by atoms with van der Waals surface area (Å²) in [7, 11) is 0. The number of allylic oxidation sites excluding steroid dienone is 4. The van der Waals surface area contributed by atoms with Gasteiger partial charge in [0.2, 0.25) is 0 Å². The van der Waals surface area contributed by atoms with Crippen LogP contribution in [-0.2, 0) is 18.3 Å². The normalized spacial score (nSPS) is 23.5. The van der Waals surface area contributed by atoms with Crippen molar-refractivity contribution in [2.75, 3.05) is 0 Å². The van der Waals surface area contributed by atoms with Gasteiger partial charge in [0.1, 0.15) is 0 Å². The molecule has 0 heterocycles. The van der Waals surface area contributed by atoms with Crippen molar-refractivity contribution < 1.29 is 18.3 Å². The van der Waals surface area contributed by atoms with Gasteiger partial charge in [0.05, 0.1) is 0 Å². The first-order chi connectivity index (χ1) is 4.89.